The number of sulfonamides is 1. The summed E-state index contributed by atoms with van der Waals surface area (Å²) >= 11 is 0. The molecule has 0 bridgehead atoms. The minimum atomic E-state index is -3.12. The summed E-state index contributed by atoms with van der Waals surface area (Å²) in [5.74, 6) is 0.584. The average molecular weight is 219 g/mol. The number of hydrogen-bond donors (Lipinski definition) is 1. The van der Waals surface area contributed by atoms with Crippen molar-refractivity contribution in [2.75, 3.05) is 12.3 Å². The zero-order valence-electron chi connectivity index (χ0n) is 7.93. The molecule has 1 rings (SSSR count). The third-order valence-corrected chi connectivity index (χ3v) is 3.13. The molecular formula is C7H13N3O3S. The standard InChI is InChI=1S/C7H13N3O3S/c1-2-5-14(11,12)10-4-3-7-8-6-9-13-7/h6,10H,2-5H2,1H3. The van der Waals surface area contributed by atoms with Gasteiger partial charge in [-0.2, -0.15) is 4.98 Å². The summed E-state index contributed by atoms with van der Waals surface area (Å²) in [6, 6.07) is 0. The molecule has 7 heteroatoms. The van der Waals surface area contributed by atoms with Crippen molar-refractivity contribution in [1.82, 2.24) is 14.9 Å². The van der Waals surface area contributed by atoms with Gasteiger partial charge in [0.25, 0.3) is 0 Å². The lowest BCUT2D eigenvalue weighted by atomic mass is 10.4. The molecule has 0 unspecified atom stereocenters. The van der Waals surface area contributed by atoms with Crippen molar-refractivity contribution < 1.29 is 12.9 Å². The minimum absolute atomic E-state index is 0.150. The first kappa shape index (κ1) is 11.1. The van der Waals surface area contributed by atoms with Gasteiger partial charge in [-0.05, 0) is 6.42 Å². The van der Waals surface area contributed by atoms with E-state index in [4.69, 9.17) is 4.52 Å². The van der Waals surface area contributed by atoms with Crippen molar-refractivity contribution in [1.29, 1.82) is 0 Å². The van der Waals surface area contributed by atoms with Gasteiger partial charge in [-0.15, -0.1) is 0 Å². The van der Waals surface area contributed by atoms with Gasteiger partial charge < -0.3 is 4.52 Å². The van der Waals surface area contributed by atoms with E-state index in [1.807, 2.05) is 6.92 Å². The Morgan fingerprint density at radius 3 is 2.93 bits per heavy atom. The summed E-state index contributed by atoms with van der Waals surface area (Å²) in [5.41, 5.74) is 0. The Morgan fingerprint density at radius 1 is 1.57 bits per heavy atom. The molecule has 1 heterocycles. The zero-order chi connectivity index (χ0) is 10.4. The van der Waals surface area contributed by atoms with Gasteiger partial charge in [0.1, 0.15) is 0 Å². The molecule has 14 heavy (non-hydrogen) atoms. The van der Waals surface area contributed by atoms with E-state index in [0.717, 1.165) is 0 Å². The van der Waals surface area contributed by atoms with Gasteiger partial charge in [-0.3, -0.25) is 0 Å². The first-order valence-corrected chi connectivity index (χ1v) is 6.02. The number of hydrogen-bond acceptors (Lipinski definition) is 5. The monoisotopic (exact) mass is 219 g/mol. The lowest BCUT2D eigenvalue weighted by molar-refractivity contribution is 0.377. The maximum absolute atomic E-state index is 11.2. The Kier molecular flexibility index (Phi) is 4.02. The maximum atomic E-state index is 11.2. The Balaban J connectivity index is 2.28. The lowest BCUT2D eigenvalue weighted by Crippen LogP contribution is -2.28. The van der Waals surface area contributed by atoms with Gasteiger partial charge in [0.15, 0.2) is 6.33 Å². The number of nitrogens with one attached hydrogen (secondary N) is 1. The van der Waals surface area contributed by atoms with Crippen LogP contribution in [0.4, 0.5) is 0 Å². The van der Waals surface area contributed by atoms with Gasteiger partial charge >= 0.3 is 0 Å². The highest BCUT2D eigenvalue weighted by Crippen LogP contribution is 1.93. The molecule has 6 nitrogen and oxygen atoms in total. The molecular weight excluding hydrogens is 206 g/mol. The molecule has 80 valence electrons. The average Bonchev–Trinajstić information content (AvgIpc) is 2.56. The molecule has 0 amide bonds. The second kappa shape index (κ2) is 5.06. The van der Waals surface area contributed by atoms with Gasteiger partial charge in [0.2, 0.25) is 15.9 Å². The highest BCUT2D eigenvalue weighted by atomic mass is 32.2. The Morgan fingerprint density at radius 2 is 2.36 bits per heavy atom. The third kappa shape index (κ3) is 3.84. The van der Waals surface area contributed by atoms with Crippen LogP contribution in [0, 0.1) is 0 Å². The molecule has 0 saturated carbocycles. The van der Waals surface area contributed by atoms with Crippen LogP contribution in [0.1, 0.15) is 19.2 Å². The van der Waals surface area contributed by atoms with E-state index in [9.17, 15) is 8.42 Å². The molecule has 1 aromatic heterocycles. The van der Waals surface area contributed by atoms with Crippen molar-refractivity contribution in [3.05, 3.63) is 12.2 Å². The molecule has 1 N–H and O–H groups in total. The fourth-order valence-corrected chi connectivity index (χ4v) is 2.06. The van der Waals surface area contributed by atoms with Crippen LogP contribution < -0.4 is 4.72 Å². The van der Waals surface area contributed by atoms with Crippen molar-refractivity contribution in [2.45, 2.75) is 19.8 Å². The van der Waals surface area contributed by atoms with Crippen LogP contribution in [-0.4, -0.2) is 30.9 Å². The lowest BCUT2D eigenvalue weighted by Gasteiger charge is -2.02. The fraction of sp³-hybridized carbons (Fsp3) is 0.714. The summed E-state index contributed by atoms with van der Waals surface area (Å²) in [7, 11) is -3.12. The van der Waals surface area contributed by atoms with Crippen LogP contribution in [0.2, 0.25) is 0 Å². The smallest absolute Gasteiger partial charge is 0.227 e. The van der Waals surface area contributed by atoms with Crippen molar-refractivity contribution in [2.24, 2.45) is 0 Å². The van der Waals surface area contributed by atoms with Crippen molar-refractivity contribution >= 4 is 10.0 Å². The molecule has 0 aliphatic rings. The molecule has 0 fully saturated rings. The molecule has 0 aliphatic heterocycles. The Bertz CT molecular complexity index is 346. The third-order valence-electron chi connectivity index (χ3n) is 1.54. The Hall–Kier alpha value is -0.950. The summed E-state index contributed by atoms with van der Waals surface area (Å²) in [5, 5.41) is 3.41. The predicted octanol–water partition coefficient (Wildman–Crippen LogP) is -0.0585. The quantitative estimate of drug-likeness (QED) is 0.724. The molecule has 0 saturated heterocycles. The molecule has 0 atom stereocenters. The van der Waals surface area contributed by atoms with E-state index >= 15 is 0 Å². The van der Waals surface area contributed by atoms with Crippen LogP contribution in [0.3, 0.4) is 0 Å². The highest BCUT2D eigenvalue weighted by Gasteiger charge is 2.08. The summed E-state index contributed by atoms with van der Waals surface area (Å²) in [6.07, 6.45) is 2.31. The van der Waals surface area contributed by atoms with Crippen LogP contribution in [-0.2, 0) is 16.4 Å². The normalized spacial score (nSPS) is 11.8. The van der Waals surface area contributed by atoms with Gasteiger partial charge in [0, 0.05) is 13.0 Å². The van der Waals surface area contributed by atoms with E-state index in [1.54, 1.807) is 0 Å². The molecule has 0 spiro atoms. The van der Waals surface area contributed by atoms with Crippen LogP contribution in [0.25, 0.3) is 0 Å². The van der Waals surface area contributed by atoms with Crippen molar-refractivity contribution in [3.63, 3.8) is 0 Å². The highest BCUT2D eigenvalue weighted by molar-refractivity contribution is 7.89. The van der Waals surface area contributed by atoms with E-state index in [2.05, 4.69) is 14.9 Å². The molecule has 0 radical (unpaired) electrons. The van der Waals surface area contributed by atoms with E-state index in [-0.39, 0.29) is 5.75 Å². The predicted molar refractivity (Wildman–Crippen MR) is 50.1 cm³/mol. The summed E-state index contributed by atoms with van der Waals surface area (Å²) in [4.78, 5) is 3.77. The van der Waals surface area contributed by atoms with Gasteiger partial charge in [-0.25, -0.2) is 13.1 Å². The SMILES string of the molecule is CCCS(=O)(=O)NCCc1ncno1. The zero-order valence-corrected chi connectivity index (χ0v) is 8.75. The molecule has 1 aromatic rings. The summed E-state index contributed by atoms with van der Waals surface area (Å²) < 4.78 is 29.5. The van der Waals surface area contributed by atoms with Crippen LogP contribution in [0.5, 0.6) is 0 Å². The van der Waals surface area contributed by atoms with Crippen LogP contribution >= 0.6 is 0 Å². The second-order valence-electron chi connectivity index (χ2n) is 2.80. The fourth-order valence-electron chi connectivity index (χ4n) is 0.961. The molecule has 0 aliphatic carbocycles. The number of rotatable bonds is 6. The van der Waals surface area contributed by atoms with Crippen molar-refractivity contribution in [3.8, 4) is 0 Å². The van der Waals surface area contributed by atoms with Gasteiger partial charge in [0.05, 0.1) is 5.75 Å². The Labute approximate surface area is 82.8 Å². The van der Waals surface area contributed by atoms with Crippen LogP contribution in [0.15, 0.2) is 10.9 Å². The first-order valence-electron chi connectivity index (χ1n) is 4.37. The second-order valence-corrected chi connectivity index (χ2v) is 4.72. The maximum Gasteiger partial charge on any atom is 0.227 e. The minimum Gasteiger partial charge on any atom is -0.340 e. The first-order chi connectivity index (χ1) is 6.64. The van der Waals surface area contributed by atoms with E-state index in [0.29, 0.717) is 25.3 Å². The van der Waals surface area contributed by atoms with E-state index < -0.39 is 10.0 Å². The molecule has 0 aromatic carbocycles. The number of nitrogens with zero attached hydrogens (tertiary/aromatic N) is 2. The largest absolute Gasteiger partial charge is 0.340 e. The van der Waals surface area contributed by atoms with Gasteiger partial charge in [-0.1, -0.05) is 12.1 Å². The summed E-state index contributed by atoms with van der Waals surface area (Å²) in [6.45, 7) is 2.11. The number of aromatic nitrogens is 2. The van der Waals surface area contributed by atoms with E-state index in [1.165, 1.54) is 6.33 Å². The topological polar surface area (TPSA) is 85.1 Å².